The fraction of sp³-hybridized carbons (Fsp3) is 0.500. The van der Waals surface area contributed by atoms with Crippen LogP contribution in [0.15, 0.2) is 24.3 Å². The van der Waals surface area contributed by atoms with Gasteiger partial charge in [-0.1, -0.05) is 31.2 Å². The maximum atomic E-state index is 5.75. The molecule has 14 heavy (non-hydrogen) atoms. The van der Waals surface area contributed by atoms with Crippen molar-refractivity contribution < 1.29 is 0 Å². The summed E-state index contributed by atoms with van der Waals surface area (Å²) in [5.41, 5.74) is 8.68. The van der Waals surface area contributed by atoms with E-state index < -0.39 is 0 Å². The highest BCUT2D eigenvalue weighted by Gasteiger charge is 2.22. The number of aryl methyl sites for hydroxylation is 1. The van der Waals surface area contributed by atoms with E-state index in [2.05, 4.69) is 36.1 Å². The molecule has 0 saturated carbocycles. The van der Waals surface area contributed by atoms with E-state index in [1.807, 2.05) is 0 Å². The van der Waals surface area contributed by atoms with E-state index in [0.29, 0.717) is 6.04 Å². The van der Waals surface area contributed by atoms with Gasteiger partial charge in [0.05, 0.1) is 0 Å². The standard InChI is InChI=1S/C12H18N2/c1-2-10-5-3-4-6-11(10)7-14-8-12(13)9-14/h3-6,12H,2,7-9,13H2,1H3. The van der Waals surface area contributed by atoms with Gasteiger partial charge in [0, 0.05) is 25.7 Å². The van der Waals surface area contributed by atoms with Crippen LogP contribution < -0.4 is 5.73 Å². The number of nitrogens with two attached hydrogens (primary N) is 1. The van der Waals surface area contributed by atoms with Gasteiger partial charge in [-0.15, -0.1) is 0 Å². The van der Waals surface area contributed by atoms with Crippen molar-refractivity contribution in [1.82, 2.24) is 4.90 Å². The third-order valence-corrected chi connectivity index (χ3v) is 2.88. The Kier molecular flexibility index (Phi) is 2.85. The summed E-state index contributed by atoms with van der Waals surface area (Å²) < 4.78 is 0. The van der Waals surface area contributed by atoms with Crippen molar-refractivity contribution in [3.63, 3.8) is 0 Å². The van der Waals surface area contributed by atoms with Crippen molar-refractivity contribution in [1.29, 1.82) is 0 Å². The Hall–Kier alpha value is -0.860. The van der Waals surface area contributed by atoms with Gasteiger partial charge >= 0.3 is 0 Å². The van der Waals surface area contributed by atoms with Crippen LogP contribution in [0, 0.1) is 0 Å². The average Bonchev–Trinajstić information content (AvgIpc) is 2.16. The minimum atomic E-state index is 0.406. The van der Waals surface area contributed by atoms with Crippen LogP contribution in [0.1, 0.15) is 18.1 Å². The molecule has 1 aromatic rings. The summed E-state index contributed by atoms with van der Waals surface area (Å²) in [6, 6.07) is 9.08. The van der Waals surface area contributed by atoms with E-state index in [9.17, 15) is 0 Å². The van der Waals surface area contributed by atoms with Crippen LogP contribution in [0.3, 0.4) is 0 Å². The summed E-state index contributed by atoms with van der Waals surface area (Å²) in [6.45, 7) is 5.38. The van der Waals surface area contributed by atoms with Crippen molar-refractivity contribution in [3.05, 3.63) is 35.4 Å². The molecule has 0 atom stereocenters. The van der Waals surface area contributed by atoms with Crippen molar-refractivity contribution in [3.8, 4) is 0 Å². The normalized spacial score (nSPS) is 18.1. The number of benzene rings is 1. The van der Waals surface area contributed by atoms with Gasteiger partial charge in [-0.25, -0.2) is 0 Å². The number of rotatable bonds is 3. The summed E-state index contributed by atoms with van der Waals surface area (Å²) >= 11 is 0. The van der Waals surface area contributed by atoms with E-state index in [-0.39, 0.29) is 0 Å². The second kappa shape index (κ2) is 4.11. The van der Waals surface area contributed by atoms with E-state index in [1.165, 1.54) is 11.1 Å². The molecule has 1 aromatic carbocycles. The van der Waals surface area contributed by atoms with Gasteiger partial charge in [0.25, 0.3) is 0 Å². The second-order valence-corrected chi connectivity index (χ2v) is 4.08. The quantitative estimate of drug-likeness (QED) is 0.780. The van der Waals surface area contributed by atoms with E-state index in [1.54, 1.807) is 0 Å². The summed E-state index contributed by atoms with van der Waals surface area (Å²) in [6.07, 6.45) is 1.12. The van der Waals surface area contributed by atoms with Crippen LogP contribution in [0.4, 0.5) is 0 Å². The first-order valence-corrected chi connectivity index (χ1v) is 5.34. The molecule has 0 spiro atoms. The predicted molar refractivity (Wildman–Crippen MR) is 59.1 cm³/mol. The summed E-state index contributed by atoms with van der Waals surface area (Å²) in [4.78, 5) is 2.40. The number of nitrogens with zero attached hydrogens (tertiary/aromatic N) is 1. The van der Waals surface area contributed by atoms with Crippen LogP contribution in [-0.2, 0) is 13.0 Å². The third kappa shape index (κ3) is 1.97. The first-order valence-electron chi connectivity index (χ1n) is 5.34. The fourth-order valence-corrected chi connectivity index (χ4v) is 2.04. The van der Waals surface area contributed by atoms with Crippen LogP contribution in [-0.4, -0.2) is 24.0 Å². The fourth-order valence-electron chi connectivity index (χ4n) is 2.04. The van der Waals surface area contributed by atoms with E-state index >= 15 is 0 Å². The van der Waals surface area contributed by atoms with Gasteiger partial charge in [-0.05, 0) is 17.5 Å². The minimum Gasteiger partial charge on any atom is -0.325 e. The van der Waals surface area contributed by atoms with Gasteiger partial charge in [-0.3, -0.25) is 4.90 Å². The summed E-state index contributed by atoms with van der Waals surface area (Å²) in [7, 11) is 0. The Labute approximate surface area is 85.7 Å². The molecule has 2 rings (SSSR count). The van der Waals surface area contributed by atoms with Crippen LogP contribution in [0.5, 0.6) is 0 Å². The average molecular weight is 190 g/mol. The van der Waals surface area contributed by atoms with Crippen molar-refractivity contribution in [2.24, 2.45) is 5.73 Å². The maximum absolute atomic E-state index is 5.75. The molecular weight excluding hydrogens is 172 g/mol. The molecule has 0 aliphatic carbocycles. The lowest BCUT2D eigenvalue weighted by Crippen LogP contribution is -2.54. The first-order chi connectivity index (χ1) is 6.79. The van der Waals surface area contributed by atoms with E-state index in [4.69, 9.17) is 5.73 Å². The zero-order chi connectivity index (χ0) is 9.97. The zero-order valence-corrected chi connectivity index (χ0v) is 8.74. The van der Waals surface area contributed by atoms with Crippen molar-refractivity contribution in [2.75, 3.05) is 13.1 Å². The first kappa shape index (κ1) is 9.69. The van der Waals surface area contributed by atoms with E-state index in [0.717, 1.165) is 26.1 Å². The lowest BCUT2D eigenvalue weighted by Gasteiger charge is -2.37. The molecule has 1 fully saturated rings. The smallest absolute Gasteiger partial charge is 0.0297 e. The Morgan fingerprint density at radius 1 is 1.29 bits per heavy atom. The SMILES string of the molecule is CCc1ccccc1CN1CC(N)C1. The molecule has 0 amide bonds. The van der Waals surface area contributed by atoms with Crippen molar-refractivity contribution in [2.45, 2.75) is 25.9 Å². The molecule has 0 bridgehead atoms. The molecule has 1 heterocycles. The van der Waals surface area contributed by atoms with Crippen LogP contribution in [0.25, 0.3) is 0 Å². The molecule has 0 radical (unpaired) electrons. The monoisotopic (exact) mass is 190 g/mol. The molecule has 2 nitrogen and oxygen atoms in total. The molecule has 2 N–H and O–H groups in total. The molecule has 1 aliphatic heterocycles. The number of hydrogen-bond donors (Lipinski definition) is 1. The minimum absolute atomic E-state index is 0.406. The maximum Gasteiger partial charge on any atom is 0.0297 e. The molecule has 1 saturated heterocycles. The molecule has 1 aliphatic rings. The Morgan fingerprint density at radius 3 is 2.50 bits per heavy atom. The van der Waals surface area contributed by atoms with Gasteiger partial charge in [0.15, 0.2) is 0 Å². The van der Waals surface area contributed by atoms with Crippen LogP contribution >= 0.6 is 0 Å². The summed E-state index contributed by atoms with van der Waals surface area (Å²) in [5.74, 6) is 0. The topological polar surface area (TPSA) is 29.3 Å². The zero-order valence-electron chi connectivity index (χ0n) is 8.74. The lowest BCUT2D eigenvalue weighted by molar-refractivity contribution is 0.142. The molecular formula is C12H18N2. The Balaban J connectivity index is 2.01. The number of likely N-dealkylation sites (tertiary alicyclic amines) is 1. The Bertz CT molecular complexity index is 303. The molecule has 0 unspecified atom stereocenters. The Morgan fingerprint density at radius 2 is 1.93 bits per heavy atom. The number of hydrogen-bond acceptors (Lipinski definition) is 2. The molecule has 76 valence electrons. The van der Waals surface area contributed by atoms with Gasteiger partial charge in [-0.2, -0.15) is 0 Å². The lowest BCUT2D eigenvalue weighted by atomic mass is 10.0. The molecule has 0 aromatic heterocycles. The third-order valence-electron chi connectivity index (χ3n) is 2.88. The highest BCUT2D eigenvalue weighted by atomic mass is 15.2. The van der Waals surface area contributed by atoms with Crippen molar-refractivity contribution >= 4 is 0 Å². The highest BCUT2D eigenvalue weighted by molar-refractivity contribution is 5.27. The van der Waals surface area contributed by atoms with Gasteiger partial charge < -0.3 is 5.73 Å². The van der Waals surface area contributed by atoms with Gasteiger partial charge in [0.1, 0.15) is 0 Å². The molecule has 2 heteroatoms. The summed E-state index contributed by atoms with van der Waals surface area (Å²) in [5, 5.41) is 0. The largest absolute Gasteiger partial charge is 0.325 e. The highest BCUT2D eigenvalue weighted by Crippen LogP contribution is 2.15. The van der Waals surface area contributed by atoms with Crippen LogP contribution in [0.2, 0.25) is 0 Å². The van der Waals surface area contributed by atoms with Gasteiger partial charge in [0.2, 0.25) is 0 Å². The predicted octanol–water partition coefficient (Wildman–Crippen LogP) is 1.39. The second-order valence-electron chi connectivity index (χ2n) is 4.08.